The van der Waals surface area contributed by atoms with Gasteiger partial charge < -0.3 is 10.2 Å². The molecule has 1 aliphatic rings. The first-order valence-corrected chi connectivity index (χ1v) is 7.43. The number of anilines is 1. The van der Waals surface area contributed by atoms with E-state index in [9.17, 15) is 13.2 Å². The van der Waals surface area contributed by atoms with Gasteiger partial charge in [-0.25, -0.2) is 0 Å². The summed E-state index contributed by atoms with van der Waals surface area (Å²) in [5.74, 6) is -1.23. The van der Waals surface area contributed by atoms with Crippen LogP contribution in [0.1, 0.15) is 31.2 Å². The van der Waals surface area contributed by atoms with Gasteiger partial charge in [-0.1, -0.05) is 25.0 Å². The van der Waals surface area contributed by atoms with Gasteiger partial charge in [-0.3, -0.25) is 0 Å². The summed E-state index contributed by atoms with van der Waals surface area (Å²) < 4.78 is 39.3. The molecule has 0 amide bonds. The van der Waals surface area contributed by atoms with Crippen LogP contribution in [0.4, 0.5) is 18.9 Å². The Morgan fingerprint density at radius 1 is 1.19 bits per heavy atom. The molecule has 2 rings (SSSR count). The summed E-state index contributed by atoms with van der Waals surface area (Å²) in [6.45, 7) is 0.781. The van der Waals surface area contributed by atoms with Crippen molar-refractivity contribution < 1.29 is 13.2 Å². The number of benzene rings is 1. The fraction of sp³-hybridized carbons (Fsp3) is 0.625. The van der Waals surface area contributed by atoms with Crippen LogP contribution in [0.3, 0.4) is 0 Å². The van der Waals surface area contributed by atoms with Gasteiger partial charge in [0.2, 0.25) is 0 Å². The highest BCUT2D eigenvalue weighted by Crippen LogP contribution is 2.39. The van der Waals surface area contributed by atoms with E-state index < -0.39 is 18.1 Å². The quantitative estimate of drug-likeness (QED) is 0.893. The molecule has 21 heavy (non-hydrogen) atoms. The first kappa shape index (κ1) is 16.1. The fourth-order valence-electron chi connectivity index (χ4n) is 3.03. The number of halogens is 3. The van der Waals surface area contributed by atoms with Crippen molar-refractivity contribution >= 4 is 5.69 Å². The summed E-state index contributed by atoms with van der Waals surface area (Å²) in [6.07, 6.45) is -1.76. The van der Waals surface area contributed by atoms with E-state index in [0.29, 0.717) is 12.8 Å². The van der Waals surface area contributed by atoms with Crippen LogP contribution < -0.4 is 5.32 Å². The SMILES string of the molecule is CN(C)Cc1cccc(NC2CCCCC2C(F)(F)F)c1. The summed E-state index contributed by atoms with van der Waals surface area (Å²) in [4.78, 5) is 2.04. The van der Waals surface area contributed by atoms with Crippen molar-refractivity contribution in [3.8, 4) is 0 Å². The molecule has 1 aromatic rings. The number of nitrogens with zero attached hydrogens (tertiary/aromatic N) is 1. The second-order valence-corrected chi connectivity index (χ2v) is 6.12. The first-order chi connectivity index (χ1) is 9.86. The van der Waals surface area contributed by atoms with Gasteiger partial charge in [0, 0.05) is 18.3 Å². The number of hydrogen-bond acceptors (Lipinski definition) is 2. The van der Waals surface area contributed by atoms with Crippen LogP contribution in [-0.4, -0.2) is 31.2 Å². The van der Waals surface area contributed by atoms with Crippen LogP contribution in [0.2, 0.25) is 0 Å². The number of alkyl halides is 3. The lowest BCUT2D eigenvalue weighted by molar-refractivity contribution is -0.184. The molecular formula is C16H23F3N2. The smallest absolute Gasteiger partial charge is 0.382 e. The predicted molar refractivity (Wildman–Crippen MR) is 79.3 cm³/mol. The van der Waals surface area contributed by atoms with Crippen molar-refractivity contribution in [2.45, 2.75) is 44.4 Å². The summed E-state index contributed by atoms with van der Waals surface area (Å²) in [5, 5.41) is 3.11. The lowest BCUT2D eigenvalue weighted by atomic mass is 9.84. The van der Waals surface area contributed by atoms with Crippen LogP contribution in [0.25, 0.3) is 0 Å². The standard InChI is InChI=1S/C16H23F3N2/c1-21(2)11-12-6-5-7-13(10-12)20-15-9-4-3-8-14(15)16(17,18)19/h5-7,10,14-15,20H,3-4,8-9,11H2,1-2H3. The largest absolute Gasteiger partial charge is 0.393 e. The van der Waals surface area contributed by atoms with Crippen molar-refractivity contribution in [1.29, 1.82) is 0 Å². The van der Waals surface area contributed by atoms with Gasteiger partial charge in [0.1, 0.15) is 0 Å². The average molecular weight is 300 g/mol. The van der Waals surface area contributed by atoms with E-state index in [4.69, 9.17) is 0 Å². The van der Waals surface area contributed by atoms with E-state index in [2.05, 4.69) is 5.32 Å². The maximum atomic E-state index is 13.1. The average Bonchev–Trinajstić information content (AvgIpc) is 2.37. The van der Waals surface area contributed by atoms with Crippen LogP contribution in [0.5, 0.6) is 0 Å². The Morgan fingerprint density at radius 2 is 1.90 bits per heavy atom. The molecule has 0 aromatic heterocycles. The minimum absolute atomic E-state index is 0.235. The van der Waals surface area contributed by atoms with Gasteiger partial charge in [-0.15, -0.1) is 0 Å². The molecule has 1 N–H and O–H groups in total. The van der Waals surface area contributed by atoms with Crippen molar-refractivity contribution in [2.24, 2.45) is 5.92 Å². The van der Waals surface area contributed by atoms with Crippen LogP contribution >= 0.6 is 0 Å². The van der Waals surface area contributed by atoms with Gasteiger partial charge in [-0.05, 0) is 44.6 Å². The normalized spacial score (nSPS) is 23.3. The zero-order chi connectivity index (χ0) is 15.5. The van der Waals surface area contributed by atoms with Gasteiger partial charge in [0.15, 0.2) is 0 Å². The minimum Gasteiger partial charge on any atom is -0.382 e. The molecule has 2 nitrogen and oxygen atoms in total. The third-order valence-corrected chi connectivity index (χ3v) is 3.96. The first-order valence-electron chi connectivity index (χ1n) is 7.43. The van der Waals surface area contributed by atoms with Gasteiger partial charge in [0.05, 0.1) is 5.92 Å². The molecule has 118 valence electrons. The Balaban J connectivity index is 2.08. The monoisotopic (exact) mass is 300 g/mol. The molecule has 1 aromatic carbocycles. The third kappa shape index (κ3) is 4.63. The summed E-state index contributed by atoms with van der Waals surface area (Å²) in [7, 11) is 3.95. The Bertz CT molecular complexity index is 457. The Labute approximate surface area is 124 Å². The van der Waals surface area contributed by atoms with E-state index >= 15 is 0 Å². The molecule has 1 saturated carbocycles. The molecule has 0 spiro atoms. The second kappa shape index (κ2) is 6.69. The van der Waals surface area contributed by atoms with Crippen LogP contribution in [-0.2, 0) is 6.54 Å². The van der Waals surface area contributed by atoms with Crippen molar-refractivity contribution in [3.63, 3.8) is 0 Å². The van der Waals surface area contributed by atoms with Crippen molar-refractivity contribution in [3.05, 3.63) is 29.8 Å². The molecular weight excluding hydrogens is 277 g/mol. The summed E-state index contributed by atoms with van der Waals surface area (Å²) in [5.41, 5.74) is 1.89. The molecule has 2 atom stereocenters. The van der Waals surface area contributed by atoms with Crippen LogP contribution in [0, 0.1) is 5.92 Å². The zero-order valence-electron chi connectivity index (χ0n) is 12.6. The van der Waals surface area contributed by atoms with Gasteiger partial charge in [0.25, 0.3) is 0 Å². The highest BCUT2D eigenvalue weighted by atomic mass is 19.4. The predicted octanol–water partition coefficient (Wildman–Crippen LogP) is 4.28. The zero-order valence-corrected chi connectivity index (χ0v) is 12.6. The molecule has 0 bridgehead atoms. The molecule has 0 saturated heterocycles. The van der Waals surface area contributed by atoms with Crippen molar-refractivity contribution in [2.75, 3.05) is 19.4 Å². The lowest BCUT2D eigenvalue weighted by Gasteiger charge is -2.34. The molecule has 5 heteroatoms. The molecule has 2 unspecified atom stereocenters. The fourth-order valence-corrected chi connectivity index (χ4v) is 3.03. The Morgan fingerprint density at radius 3 is 2.57 bits per heavy atom. The number of hydrogen-bond donors (Lipinski definition) is 1. The maximum Gasteiger partial charge on any atom is 0.393 e. The number of nitrogens with one attached hydrogen (secondary N) is 1. The lowest BCUT2D eigenvalue weighted by Crippen LogP contribution is -2.41. The molecule has 0 aliphatic heterocycles. The molecule has 1 aliphatic carbocycles. The van der Waals surface area contributed by atoms with E-state index in [0.717, 1.165) is 24.2 Å². The van der Waals surface area contributed by atoms with Crippen molar-refractivity contribution in [1.82, 2.24) is 4.90 Å². The maximum absolute atomic E-state index is 13.1. The Kier molecular flexibility index (Phi) is 5.14. The van der Waals surface area contributed by atoms with E-state index in [1.54, 1.807) is 0 Å². The van der Waals surface area contributed by atoms with E-state index in [1.807, 2.05) is 43.3 Å². The summed E-state index contributed by atoms with van der Waals surface area (Å²) in [6, 6.07) is 7.18. The van der Waals surface area contributed by atoms with Gasteiger partial charge in [-0.2, -0.15) is 13.2 Å². The second-order valence-electron chi connectivity index (χ2n) is 6.12. The Hall–Kier alpha value is -1.23. The highest BCUT2D eigenvalue weighted by Gasteiger charge is 2.45. The molecule has 0 heterocycles. The third-order valence-electron chi connectivity index (χ3n) is 3.96. The molecule has 0 radical (unpaired) electrons. The van der Waals surface area contributed by atoms with Crippen LogP contribution in [0.15, 0.2) is 24.3 Å². The molecule has 1 fully saturated rings. The topological polar surface area (TPSA) is 15.3 Å². The highest BCUT2D eigenvalue weighted by molar-refractivity contribution is 5.46. The van der Waals surface area contributed by atoms with E-state index in [-0.39, 0.29) is 6.42 Å². The summed E-state index contributed by atoms with van der Waals surface area (Å²) >= 11 is 0. The van der Waals surface area contributed by atoms with E-state index in [1.165, 1.54) is 0 Å². The number of rotatable bonds is 4. The van der Waals surface area contributed by atoms with Gasteiger partial charge >= 0.3 is 6.18 Å². The minimum atomic E-state index is -4.11.